The highest BCUT2D eigenvalue weighted by Gasteiger charge is 2.27. The lowest BCUT2D eigenvalue weighted by molar-refractivity contribution is 0.394. The monoisotopic (exact) mass is 392 g/mol. The van der Waals surface area contributed by atoms with Crippen LogP contribution in [0.25, 0.3) is 0 Å². The van der Waals surface area contributed by atoms with Gasteiger partial charge in [-0.05, 0) is 37.3 Å². The maximum absolute atomic E-state index is 12.6. The maximum atomic E-state index is 12.6. The van der Waals surface area contributed by atoms with Gasteiger partial charge < -0.3 is 0 Å². The fourth-order valence-electron chi connectivity index (χ4n) is 3.02. The molecule has 0 bridgehead atoms. The van der Waals surface area contributed by atoms with E-state index in [2.05, 4.69) is 14.7 Å². The van der Waals surface area contributed by atoms with Crippen LogP contribution in [0.2, 0.25) is 0 Å². The SMILES string of the molecule is CN(Cc1ccccc1)S(=O)(=O)NC1CCC(Sc2ncccn2)CC1. The average Bonchev–Trinajstić information content (AvgIpc) is 2.65. The number of benzene rings is 1. The van der Waals surface area contributed by atoms with E-state index in [1.165, 1.54) is 4.31 Å². The number of nitrogens with zero attached hydrogens (tertiary/aromatic N) is 3. The molecule has 0 saturated heterocycles. The molecule has 0 amide bonds. The van der Waals surface area contributed by atoms with E-state index >= 15 is 0 Å². The van der Waals surface area contributed by atoms with Gasteiger partial charge in [-0.3, -0.25) is 0 Å². The van der Waals surface area contributed by atoms with Crippen LogP contribution >= 0.6 is 11.8 Å². The van der Waals surface area contributed by atoms with E-state index in [0.717, 1.165) is 36.4 Å². The lowest BCUT2D eigenvalue weighted by Gasteiger charge is -2.29. The lowest BCUT2D eigenvalue weighted by atomic mass is 9.96. The minimum Gasteiger partial charge on any atom is -0.231 e. The van der Waals surface area contributed by atoms with Crippen LogP contribution in [-0.4, -0.2) is 41.0 Å². The molecule has 6 nitrogen and oxygen atoms in total. The van der Waals surface area contributed by atoms with Crippen molar-refractivity contribution in [3.8, 4) is 0 Å². The molecule has 1 aliphatic rings. The van der Waals surface area contributed by atoms with E-state index in [0.29, 0.717) is 11.8 Å². The predicted molar refractivity (Wildman–Crippen MR) is 104 cm³/mol. The summed E-state index contributed by atoms with van der Waals surface area (Å²) >= 11 is 1.68. The van der Waals surface area contributed by atoms with Gasteiger partial charge in [0.05, 0.1) is 0 Å². The molecule has 1 saturated carbocycles. The molecule has 1 aromatic heterocycles. The predicted octanol–water partition coefficient (Wildman–Crippen LogP) is 2.85. The Balaban J connectivity index is 1.48. The Morgan fingerprint density at radius 2 is 1.73 bits per heavy atom. The molecular formula is C18H24N4O2S2. The molecule has 0 spiro atoms. The normalized spacial score (nSPS) is 21.0. The molecule has 1 aromatic carbocycles. The van der Waals surface area contributed by atoms with Crippen LogP contribution < -0.4 is 4.72 Å². The zero-order valence-corrected chi connectivity index (χ0v) is 16.4. The Labute approximate surface area is 159 Å². The summed E-state index contributed by atoms with van der Waals surface area (Å²) in [5.41, 5.74) is 0.975. The Hall–Kier alpha value is -1.48. The third-order valence-corrected chi connectivity index (χ3v) is 7.27. The van der Waals surface area contributed by atoms with E-state index in [-0.39, 0.29) is 6.04 Å². The van der Waals surface area contributed by atoms with E-state index in [1.54, 1.807) is 31.2 Å². The molecule has 1 N–H and O–H groups in total. The zero-order valence-electron chi connectivity index (χ0n) is 14.8. The van der Waals surface area contributed by atoms with Crippen molar-refractivity contribution in [1.82, 2.24) is 19.0 Å². The number of aromatic nitrogens is 2. The summed E-state index contributed by atoms with van der Waals surface area (Å²) in [5.74, 6) is 0. The molecule has 140 valence electrons. The topological polar surface area (TPSA) is 75.2 Å². The van der Waals surface area contributed by atoms with Gasteiger partial charge in [-0.2, -0.15) is 17.4 Å². The maximum Gasteiger partial charge on any atom is 0.279 e. The van der Waals surface area contributed by atoms with Gasteiger partial charge in [0.25, 0.3) is 10.2 Å². The first-order valence-corrected chi connectivity index (χ1v) is 11.1. The van der Waals surface area contributed by atoms with Crippen LogP contribution in [0.3, 0.4) is 0 Å². The van der Waals surface area contributed by atoms with Crippen molar-refractivity contribution < 1.29 is 8.42 Å². The van der Waals surface area contributed by atoms with Gasteiger partial charge in [-0.1, -0.05) is 42.1 Å². The second-order valence-corrected chi connectivity index (χ2v) is 9.56. The fourth-order valence-corrected chi connectivity index (χ4v) is 5.23. The van der Waals surface area contributed by atoms with E-state index < -0.39 is 10.2 Å². The Morgan fingerprint density at radius 1 is 1.08 bits per heavy atom. The highest BCUT2D eigenvalue weighted by molar-refractivity contribution is 7.99. The molecule has 1 fully saturated rings. The second kappa shape index (κ2) is 8.94. The lowest BCUT2D eigenvalue weighted by Crippen LogP contribution is -2.44. The first-order chi connectivity index (χ1) is 12.5. The smallest absolute Gasteiger partial charge is 0.231 e. The molecule has 8 heteroatoms. The van der Waals surface area contributed by atoms with Crippen LogP contribution in [0.15, 0.2) is 53.9 Å². The zero-order chi connectivity index (χ0) is 18.4. The molecule has 1 heterocycles. The Bertz CT molecular complexity index is 779. The highest BCUT2D eigenvalue weighted by Crippen LogP contribution is 2.32. The number of hydrogen-bond acceptors (Lipinski definition) is 5. The molecule has 1 aliphatic carbocycles. The number of rotatable bonds is 7. The summed E-state index contributed by atoms with van der Waals surface area (Å²) in [6.07, 6.45) is 7.08. The molecule has 0 radical (unpaired) electrons. The van der Waals surface area contributed by atoms with Gasteiger partial charge in [-0.25, -0.2) is 9.97 Å². The van der Waals surface area contributed by atoms with E-state index in [9.17, 15) is 8.42 Å². The summed E-state index contributed by atoms with van der Waals surface area (Å²) in [5, 5.41) is 1.24. The third-order valence-electron chi connectivity index (χ3n) is 4.46. The van der Waals surface area contributed by atoms with Gasteiger partial charge in [0.2, 0.25) is 0 Å². The van der Waals surface area contributed by atoms with Crippen molar-refractivity contribution in [2.24, 2.45) is 0 Å². The molecular weight excluding hydrogens is 368 g/mol. The van der Waals surface area contributed by atoms with Crippen molar-refractivity contribution >= 4 is 22.0 Å². The van der Waals surface area contributed by atoms with Crippen molar-refractivity contribution in [3.05, 3.63) is 54.4 Å². The minimum atomic E-state index is -3.48. The summed E-state index contributed by atoms with van der Waals surface area (Å²) in [4.78, 5) is 8.50. The van der Waals surface area contributed by atoms with Crippen molar-refractivity contribution in [1.29, 1.82) is 0 Å². The Morgan fingerprint density at radius 3 is 2.38 bits per heavy atom. The standard InChI is InChI=1S/C18H24N4O2S2/c1-22(14-15-6-3-2-4-7-15)26(23,24)21-16-8-10-17(11-9-16)25-18-19-12-5-13-20-18/h2-7,12-13,16-17,21H,8-11,14H2,1H3. The van der Waals surface area contributed by atoms with Crippen LogP contribution in [-0.2, 0) is 16.8 Å². The summed E-state index contributed by atoms with van der Waals surface area (Å²) in [7, 11) is -1.87. The quantitative estimate of drug-likeness (QED) is 0.734. The first kappa shape index (κ1) is 19.3. The summed E-state index contributed by atoms with van der Waals surface area (Å²) in [6.45, 7) is 0.368. The van der Waals surface area contributed by atoms with E-state index in [4.69, 9.17) is 0 Å². The van der Waals surface area contributed by atoms with Crippen LogP contribution in [0.1, 0.15) is 31.2 Å². The van der Waals surface area contributed by atoms with Crippen molar-refractivity contribution in [3.63, 3.8) is 0 Å². The van der Waals surface area contributed by atoms with Crippen molar-refractivity contribution in [2.75, 3.05) is 7.05 Å². The summed E-state index contributed by atoms with van der Waals surface area (Å²) < 4.78 is 29.4. The highest BCUT2D eigenvalue weighted by atomic mass is 32.2. The van der Waals surface area contributed by atoms with Gasteiger partial charge in [0, 0.05) is 37.3 Å². The van der Waals surface area contributed by atoms with Crippen LogP contribution in [0, 0.1) is 0 Å². The third kappa shape index (κ3) is 5.51. The molecule has 26 heavy (non-hydrogen) atoms. The van der Waals surface area contributed by atoms with Gasteiger partial charge >= 0.3 is 0 Å². The second-order valence-electron chi connectivity index (χ2n) is 6.49. The molecule has 0 aliphatic heterocycles. The van der Waals surface area contributed by atoms with Crippen LogP contribution in [0.4, 0.5) is 0 Å². The van der Waals surface area contributed by atoms with Gasteiger partial charge in [-0.15, -0.1) is 0 Å². The molecule has 0 unspecified atom stereocenters. The molecule has 3 rings (SSSR count). The number of nitrogens with one attached hydrogen (secondary N) is 1. The number of hydrogen-bond donors (Lipinski definition) is 1. The fraction of sp³-hybridized carbons (Fsp3) is 0.444. The van der Waals surface area contributed by atoms with Gasteiger partial charge in [0.15, 0.2) is 5.16 Å². The van der Waals surface area contributed by atoms with Crippen LogP contribution in [0.5, 0.6) is 0 Å². The average molecular weight is 393 g/mol. The minimum absolute atomic E-state index is 0.00762. The number of thioether (sulfide) groups is 1. The molecule has 2 aromatic rings. The van der Waals surface area contributed by atoms with Crippen molar-refractivity contribution in [2.45, 2.75) is 48.7 Å². The Kier molecular flexibility index (Phi) is 6.63. The first-order valence-electron chi connectivity index (χ1n) is 8.74. The van der Waals surface area contributed by atoms with E-state index in [1.807, 2.05) is 36.4 Å². The molecule has 0 atom stereocenters. The van der Waals surface area contributed by atoms with Gasteiger partial charge in [0.1, 0.15) is 0 Å². The largest absolute Gasteiger partial charge is 0.279 e. The summed E-state index contributed by atoms with van der Waals surface area (Å²) in [6, 6.07) is 11.4.